The highest BCUT2D eigenvalue weighted by Gasteiger charge is 2.18. The molecule has 138 valence electrons. The van der Waals surface area contributed by atoms with Gasteiger partial charge < -0.3 is 20.4 Å². The SMILES string of the molecule is Cc1oc(C)c(C(=O)Nc2cccc(NC(=O)Nc3ccccc3)c2)c1C. The molecule has 0 aliphatic carbocycles. The summed E-state index contributed by atoms with van der Waals surface area (Å²) in [6.07, 6.45) is 0. The fourth-order valence-electron chi connectivity index (χ4n) is 2.81. The van der Waals surface area contributed by atoms with Crippen molar-refractivity contribution in [2.24, 2.45) is 0 Å². The number of hydrogen-bond donors (Lipinski definition) is 3. The van der Waals surface area contributed by atoms with Crippen LogP contribution in [0.2, 0.25) is 0 Å². The maximum atomic E-state index is 12.6. The second kappa shape index (κ2) is 7.78. The van der Waals surface area contributed by atoms with Crippen molar-refractivity contribution in [2.45, 2.75) is 20.8 Å². The number of nitrogens with one attached hydrogen (secondary N) is 3. The minimum atomic E-state index is -0.359. The highest BCUT2D eigenvalue weighted by Crippen LogP contribution is 2.23. The van der Waals surface area contributed by atoms with Gasteiger partial charge in [0.25, 0.3) is 5.91 Å². The number of rotatable bonds is 4. The number of carbonyl (C=O) groups is 2. The Labute approximate surface area is 157 Å². The number of anilines is 3. The molecule has 3 amide bonds. The Hall–Kier alpha value is -3.54. The normalized spacial score (nSPS) is 10.3. The molecular formula is C21H21N3O3. The van der Waals surface area contributed by atoms with Crippen molar-refractivity contribution < 1.29 is 14.0 Å². The summed E-state index contributed by atoms with van der Waals surface area (Å²) >= 11 is 0. The summed E-state index contributed by atoms with van der Waals surface area (Å²) in [5.74, 6) is 1.07. The van der Waals surface area contributed by atoms with E-state index in [2.05, 4.69) is 16.0 Å². The van der Waals surface area contributed by atoms with E-state index in [0.29, 0.717) is 28.4 Å². The van der Waals surface area contributed by atoms with Crippen LogP contribution in [0.5, 0.6) is 0 Å². The van der Waals surface area contributed by atoms with Gasteiger partial charge in [-0.3, -0.25) is 4.79 Å². The predicted octanol–water partition coefficient (Wildman–Crippen LogP) is 5.10. The van der Waals surface area contributed by atoms with Crippen LogP contribution in [0.1, 0.15) is 27.4 Å². The Morgan fingerprint density at radius 2 is 1.33 bits per heavy atom. The van der Waals surface area contributed by atoms with Crippen molar-refractivity contribution in [1.29, 1.82) is 0 Å². The molecule has 0 aliphatic rings. The molecule has 2 aromatic carbocycles. The molecule has 1 heterocycles. The van der Waals surface area contributed by atoms with Crippen molar-refractivity contribution in [3.05, 3.63) is 77.2 Å². The fraction of sp³-hybridized carbons (Fsp3) is 0.143. The van der Waals surface area contributed by atoms with Crippen molar-refractivity contribution in [3.63, 3.8) is 0 Å². The van der Waals surface area contributed by atoms with Gasteiger partial charge in [0.1, 0.15) is 11.5 Å². The number of furan rings is 1. The average molecular weight is 363 g/mol. The van der Waals surface area contributed by atoms with Gasteiger partial charge in [-0.1, -0.05) is 24.3 Å². The average Bonchev–Trinajstić information content (AvgIpc) is 2.88. The lowest BCUT2D eigenvalue weighted by Gasteiger charge is -2.10. The summed E-state index contributed by atoms with van der Waals surface area (Å²) in [5.41, 5.74) is 3.20. The lowest BCUT2D eigenvalue weighted by atomic mass is 10.1. The molecule has 0 fully saturated rings. The first-order chi connectivity index (χ1) is 12.9. The lowest BCUT2D eigenvalue weighted by Crippen LogP contribution is -2.19. The van der Waals surface area contributed by atoms with Gasteiger partial charge >= 0.3 is 6.03 Å². The summed E-state index contributed by atoms with van der Waals surface area (Å²) in [6, 6.07) is 15.8. The first-order valence-corrected chi connectivity index (χ1v) is 8.55. The second-order valence-electron chi connectivity index (χ2n) is 6.19. The number of carbonyl (C=O) groups excluding carboxylic acids is 2. The number of benzene rings is 2. The Morgan fingerprint density at radius 1 is 0.741 bits per heavy atom. The van der Waals surface area contributed by atoms with Crippen LogP contribution in [-0.2, 0) is 0 Å². The van der Waals surface area contributed by atoms with Crippen LogP contribution in [0.15, 0.2) is 59.0 Å². The van der Waals surface area contributed by atoms with Crippen LogP contribution in [0.3, 0.4) is 0 Å². The number of amides is 3. The molecule has 6 nitrogen and oxygen atoms in total. The zero-order valence-electron chi connectivity index (χ0n) is 15.4. The first kappa shape index (κ1) is 18.3. The molecule has 0 saturated heterocycles. The minimum absolute atomic E-state index is 0.243. The largest absolute Gasteiger partial charge is 0.466 e. The number of urea groups is 1. The zero-order valence-corrected chi connectivity index (χ0v) is 15.4. The van der Waals surface area contributed by atoms with Crippen molar-refractivity contribution >= 4 is 29.0 Å². The highest BCUT2D eigenvalue weighted by atomic mass is 16.3. The van der Waals surface area contributed by atoms with Gasteiger partial charge in [0.05, 0.1) is 5.56 Å². The lowest BCUT2D eigenvalue weighted by molar-refractivity contribution is 0.102. The van der Waals surface area contributed by atoms with Gasteiger partial charge in [0.15, 0.2) is 0 Å². The molecule has 3 rings (SSSR count). The van der Waals surface area contributed by atoms with Gasteiger partial charge in [-0.05, 0) is 51.1 Å². The molecular weight excluding hydrogens is 342 g/mol. The van der Waals surface area contributed by atoms with Crippen molar-refractivity contribution in [3.8, 4) is 0 Å². The molecule has 0 saturated carbocycles. The van der Waals surface area contributed by atoms with Crippen molar-refractivity contribution in [1.82, 2.24) is 0 Å². The van der Waals surface area contributed by atoms with E-state index in [-0.39, 0.29) is 11.9 Å². The molecule has 0 aliphatic heterocycles. The number of para-hydroxylation sites is 1. The summed E-state index contributed by atoms with van der Waals surface area (Å²) in [5, 5.41) is 8.34. The summed E-state index contributed by atoms with van der Waals surface area (Å²) in [4.78, 5) is 24.7. The molecule has 1 aromatic heterocycles. The third-order valence-corrected chi connectivity index (χ3v) is 4.20. The van der Waals surface area contributed by atoms with E-state index in [4.69, 9.17) is 4.42 Å². The van der Waals surface area contributed by atoms with Gasteiger partial charge in [-0.25, -0.2) is 4.79 Å². The van der Waals surface area contributed by atoms with E-state index < -0.39 is 0 Å². The molecule has 0 unspecified atom stereocenters. The van der Waals surface area contributed by atoms with Crippen LogP contribution in [0.25, 0.3) is 0 Å². The first-order valence-electron chi connectivity index (χ1n) is 8.55. The number of aryl methyl sites for hydroxylation is 2. The van der Waals surface area contributed by atoms with E-state index in [1.807, 2.05) is 32.0 Å². The maximum Gasteiger partial charge on any atom is 0.323 e. The monoisotopic (exact) mass is 363 g/mol. The number of hydrogen-bond acceptors (Lipinski definition) is 3. The van der Waals surface area contributed by atoms with Crippen LogP contribution in [0.4, 0.5) is 21.9 Å². The van der Waals surface area contributed by atoms with E-state index in [1.165, 1.54) is 0 Å². The fourth-order valence-corrected chi connectivity index (χ4v) is 2.81. The van der Waals surface area contributed by atoms with Gasteiger partial charge in [-0.15, -0.1) is 0 Å². The van der Waals surface area contributed by atoms with E-state index >= 15 is 0 Å². The van der Waals surface area contributed by atoms with Crippen LogP contribution >= 0.6 is 0 Å². The molecule has 0 bridgehead atoms. The molecule has 0 spiro atoms. The van der Waals surface area contributed by atoms with Gasteiger partial charge in [0, 0.05) is 22.6 Å². The highest BCUT2D eigenvalue weighted by molar-refractivity contribution is 6.06. The van der Waals surface area contributed by atoms with E-state index in [1.54, 1.807) is 43.3 Å². The molecule has 6 heteroatoms. The van der Waals surface area contributed by atoms with Gasteiger partial charge in [-0.2, -0.15) is 0 Å². The quantitative estimate of drug-likeness (QED) is 0.603. The third kappa shape index (κ3) is 4.36. The van der Waals surface area contributed by atoms with Crippen LogP contribution < -0.4 is 16.0 Å². The predicted molar refractivity (Wildman–Crippen MR) is 106 cm³/mol. The van der Waals surface area contributed by atoms with Crippen LogP contribution in [0, 0.1) is 20.8 Å². The maximum absolute atomic E-state index is 12.6. The standard InChI is InChI=1S/C21H21N3O3/c1-13-14(2)27-15(3)19(13)20(25)22-17-10-7-11-18(12-17)24-21(26)23-16-8-5-4-6-9-16/h4-12H,1-3H3,(H,22,25)(H2,23,24,26). The molecule has 3 N–H and O–H groups in total. The topological polar surface area (TPSA) is 83.4 Å². The Kier molecular flexibility index (Phi) is 5.26. The molecule has 27 heavy (non-hydrogen) atoms. The Balaban J connectivity index is 1.68. The summed E-state index contributed by atoms with van der Waals surface area (Å²) in [7, 11) is 0. The van der Waals surface area contributed by atoms with Crippen molar-refractivity contribution in [2.75, 3.05) is 16.0 Å². The van der Waals surface area contributed by atoms with E-state index in [9.17, 15) is 9.59 Å². The smallest absolute Gasteiger partial charge is 0.323 e. The second-order valence-corrected chi connectivity index (χ2v) is 6.19. The Bertz CT molecular complexity index is 978. The molecule has 3 aromatic rings. The molecule has 0 radical (unpaired) electrons. The van der Waals surface area contributed by atoms with E-state index in [0.717, 1.165) is 11.3 Å². The zero-order chi connectivity index (χ0) is 19.4. The Morgan fingerprint density at radius 3 is 1.96 bits per heavy atom. The van der Waals surface area contributed by atoms with Gasteiger partial charge in [0.2, 0.25) is 0 Å². The van der Waals surface area contributed by atoms with Crippen LogP contribution in [-0.4, -0.2) is 11.9 Å². The summed E-state index contributed by atoms with van der Waals surface area (Å²) in [6.45, 7) is 5.45. The third-order valence-electron chi connectivity index (χ3n) is 4.20. The molecule has 0 atom stereocenters. The summed E-state index contributed by atoms with van der Waals surface area (Å²) < 4.78 is 5.51. The minimum Gasteiger partial charge on any atom is -0.466 e.